The minimum Gasteiger partial charge on any atom is -0.480 e. The summed E-state index contributed by atoms with van der Waals surface area (Å²) in [6, 6.07) is 16.4. The van der Waals surface area contributed by atoms with Crippen LogP contribution in [-0.2, 0) is 22.4 Å². The molecule has 0 unspecified atom stereocenters. The first kappa shape index (κ1) is 20.0. The number of amides is 2. The topological polar surface area (TPSA) is 116 Å². The first-order valence-electron chi connectivity index (χ1n) is 8.53. The lowest BCUT2D eigenvalue weighted by molar-refractivity contribution is -0.141. The molecule has 2 rings (SSSR count). The SMILES string of the molecule is O=C(O)N[C@H](CC(=O)N[C@@H](Cc1ccccc1)C(=O)O)Cc1ccccc1. The Labute approximate surface area is 157 Å². The number of benzene rings is 2. The minimum atomic E-state index is -1.23. The molecule has 0 heterocycles. The molecule has 0 aliphatic heterocycles. The fraction of sp³-hybridized carbons (Fsp3) is 0.250. The normalized spacial score (nSPS) is 12.6. The molecule has 2 atom stereocenters. The summed E-state index contributed by atoms with van der Waals surface area (Å²) in [4.78, 5) is 34.8. The highest BCUT2D eigenvalue weighted by Gasteiger charge is 2.23. The van der Waals surface area contributed by atoms with E-state index in [1.54, 1.807) is 24.3 Å². The number of carbonyl (C=O) groups excluding carboxylic acids is 1. The predicted octanol–water partition coefficient (Wildman–Crippen LogP) is 2.07. The Hall–Kier alpha value is -3.35. The summed E-state index contributed by atoms with van der Waals surface area (Å²) in [5.41, 5.74) is 1.66. The van der Waals surface area contributed by atoms with Crippen molar-refractivity contribution >= 4 is 18.0 Å². The molecule has 0 fully saturated rings. The van der Waals surface area contributed by atoms with E-state index in [0.29, 0.717) is 6.42 Å². The maximum Gasteiger partial charge on any atom is 0.404 e. The van der Waals surface area contributed by atoms with Gasteiger partial charge in [0.15, 0.2) is 0 Å². The van der Waals surface area contributed by atoms with Gasteiger partial charge in [0, 0.05) is 18.9 Å². The Balaban J connectivity index is 1.99. The summed E-state index contributed by atoms with van der Waals surface area (Å²) >= 11 is 0. The molecule has 27 heavy (non-hydrogen) atoms. The number of carbonyl (C=O) groups is 3. The van der Waals surface area contributed by atoms with Gasteiger partial charge in [-0.15, -0.1) is 0 Å². The maximum atomic E-state index is 12.3. The van der Waals surface area contributed by atoms with Crippen molar-refractivity contribution in [2.45, 2.75) is 31.3 Å². The van der Waals surface area contributed by atoms with Crippen molar-refractivity contribution in [2.24, 2.45) is 0 Å². The molecule has 7 nitrogen and oxygen atoms in total. The Morgan fingerprint density at radius 1 is 0.778 bits per heavy atom. The van der Waals surface area contributed by atoms with Gasteiger partial charge in [0.05, 0.1) is 0 Å². The molecule has 0 spiro atoms. The van der Waals surface area contributed by atoms with Gasteiger partial charge in [0.25, 0.3) is 0 Å². The van der Waals surface area contributed by atoms with Crippen LogP contribution in [0.25, 0.3) is 0 Å². The summed E-state index contributed by atoms with van der Waals surface area (Å²) in [5, 5.41) is 23.2. The molecule has 0 saturated carbocycles. The van der Waals surface area contributed by atoms with Crippen LogP contribution >= 0.6 is 0 Å². The molecule has 0 bridgehead atoms. The van der Waals surface area contributed by atoms with Crippen molar-refractivity contribution in [3.05, 3.63) is 71.8 Å². The third-order valence-electron chi connectivity index (χ3n) is 4.00. The number of carboxylic acids is 1. The van der Waals surface area contributed by atoms with Crippen LogP contribution in [0, 0.1) is 0 Å². The van der Waals surface area contributed by atoms with E-state index in [2.05, 4.69) is 10.6 Å². The fourth-order valence-corrected chi connectivity index (χ4v) is 2.77. The van der Waals surface area contributed by atoms with E-state index in [-0.39, 0.29) is 12.8 Å². The summed E-state index contributed by atoms with van der Waals surface area (Å²) in [6.07, 6.45) is -0.906. The first-order valence-corrected chi connectivity index (χ1v) is 8.53. The molecule has 0 saturated heterocycles. The molecule has 142 valence electrons. The fourth-order valence-electron chi connectivity index (χ4n) is 2.77. The number of rotatable bonds is 9. The second kappa shape index (κ2) is 9.96. The van der Waals surface area contributed by atoms with Crippen LogP contribution in [0.4, 0.5) is 4.79 Å². The molecule has 4 N–H and O–H groups in total. The summed E-state index contributed by atoms with van der Waals surface area (Å²) in [5.74, 6) is -1.66. The molecule has 0 aliphatic rings. The average Bonchev–Trinajstić information content (AvgIpc) is 2.62. The van der Waals surface area contributed by atoms with Crippen LogP contribution in [-0.4, -0.2) is 40.3 Å². The van der Waals surface area contributed by atoms with Crippen molar-refractivity contribution in [3.63, 3.8) is 0 Å². The minimum absolute atomic E-state index is 0.150. The number of hydrogen-bond donors (Lipinski definition) is 4. The molecule has 0 aromatic heterocycles. The highest BCUT2D eigenvalue weighted by molar-refractivity contribution is 5.84. The van der Waals surface area contributed by atoms with Crippen molar-refractivity contribution in [3.8, 4) is 0 Å². The molecule has 7 heteroatoms. The van der Waals surface area contributed by atoms with E-state index in [9.17, 15) is 19.5 Å². The van der Waals surface area contributed by atoms with Crippen LogP contribution in [0.5, 0.6) is 0 Å². The van der Waals surface area contributed by atoms with Crippen molar-refractivity contribution in [1.29, 1.82) is 0 Å². The number of aliphatic carboxylic acids is 1. The van der Waals surface area contributed by atoms with Crippen LogP contribution in [0.3, 0.4) is 0 Å². The highest BCUT2D eigenvalue weighted by Crippen LogP contribution is 2.08. The molecule has 2 amide bonds. The van der Waals surface area contributed by atoms with Gasteiger partial charge in [0.1, 0.15) is 6.04 Å². The molecular formula is C20H22N2O5. The number of nitrogens with one attached hydrogen (secondary N) is 2. The van der Waals surface area contributed by atoms with E-state index < -0.39 is 30.1 Å². The Morgan fingerprint density at radius 2 is 1.30 bits per heavy atom. The smallest absolute Gasteiger partial charge is 0.404 e. The van der Waals surface area contributed by atoms with Crippen molar-refractivity contribution < 1.29 is 24.6 Å². The zero-order valence-electron chi connectivity index (χ0n) is 14.7. The third kappa shape index (κ3) is 7.19. The van der Waals surface area contributed by atoms with Gasteiger partial charge in [-0.25, -0.2) is 9.59 Å². The van der Waals surface area contributed by atoms with Gasteiger partial charge in [-0.2, -0.15) is 0 Å². The Morgan fingerprint density at radius 3 is 1.78 bits per heavy atom. The third-order valence-corrected chi connectivity index (χ3v) is 4.00. The van der Waals surface area contributed by atoms with Crippen LogP contribution in [0.2, 0.25) is 0 Å². The van der Waals surface area contributed by atoms with Gasteiger partial charge in [-0.05, 0) is 17.5 Å². The first-order chi connectivity index (χ1) is 12.9. The molecule has 2 aromatic rings. The van der Waals surface area contributed by atoms with Crippen LogP contribution in [0.1, 0.15) is 17.5 Å². The summed E-state index contributed by atoms with van der Waals surface area (Å²) in [6.45, 7) is 0. The van der Waals surface area contributed by atoms with Crippen LogP contribution < -0.4 is 10.6 Å². The zero-order chi connectivity index (χ0) is 19.6. The second-order valence-corrected chi connectivity index (χ2v) is 6.19. The van der Waals surface area contributed by atoms with Gasteiger partial charge in [0.2, 0.25) is 5.91 Å². The molecule has 0 aliphatic carbocycles. The standard InChI is InChI=1S/C20H22N2O5/c23-18(22-17(19(24)25)12-15-9-5-2-6-10-15)13-16(21-20(26)27)11-14-7-3-1-4-8-14/h1-10,16-17,21H,11-13H2,(H,22,23)(H,24,25)(H,26,27)/t16-,17-/m0/s1. The van der Waals surface area contributed by atoms with Crippen molar-refractivity contribution in [2.75, 3.05) is 0 Å². The Kier molecular flexibility index (Phi) is 7.37. The van der Waals surface area contributed by atoms with E-state index in [1.807, 2.05) is 36.4 Å². The maximum absolute atomic E-state index is 12.3. The molecular weight excluding hydrogens is 348 g/mol. The lowest BCUT2D eigenvalue weighted by Gasteiger charge is -2.19. The predicted molar refractivity (Wildman–Crippen MR) is 99.4 cm³/mol. The average molecular weight is 370 g/mol. The highest BCUT2D eigenvalue weighted by atomic mass is 16.4. The molecule has 0 radical (unpaired) electrons. The van der Waals surface area contributed by atoms with Gasteiger partial charge >= 0.3 is 12.1 Å². The van der Waals surface area contributed by atoms with Crippen molar-refractivity contribution in [1.82, 2.24) is 10.6 Å². The van der Waals surface area contributed by atoms with Gasteiger partial charge < -0.3 is 20.8 Å². The van der Waals surface area contributed by atoms with E-state index in [1.165, 1.54) is 0 Å². The van der Waals surface area contributed by atoms with E-state index in [4.69, 9.17) is 5.11 Å². The second-order valence-electron chi connectivity index (χ2n) is 6.19. The van der Waals surface area contributed by atoms with Gasteiger partial charge in [-0.3, -0.25) is 4.79 Å². The van der Waals surface area contributed by atoms with E-state index >= 15 is 0 Å². The number of carboxylic acid groups (broad SMARTS) is 2. The monoisotopic (exact) mass is 370 g/mol. The molecule has 2 aromatic carbocycles. The lowest BCUT2D eigenvalue weighted by Crippen LogP contribution is -2.46. The lowest BCUT2D eigenvalue weighted by atomic mass is 10.0. The summed E-state index contributed by atoms with van der Waals surface area (Å²) in [7, 11) is 0. The largest absolute Gasteiger partial charge is 0.480 e. The van der Waals surface area contributed by atoms with E-state index in [0.717, 1.165) is 11.1 Å². The Bertz CT molecular complexity index is 764. The zero-order valence-corrected chi connectivity index (χ0v) is 14.7. The van der Waals surface area contributed by atoms with Gasteiger partial charge in [-0.1, -0.05) is 60.7 Å². The van der Waals surface area contributed by atoms with Crippen LogP contribution in [0.15, 0.2) is 60.7 Å². The quantitative estimate of drug-likeness (QED) is 0.539. The summed E-state index contributed by atoms with van der Waals surface area (Å²) < 4.78 is 0. The number of hydrogen-bond acceptors (Lipinski definition) is 3.